The number of hydrogen-bond acceptors (Lipinski definition) is 7. The Hall–Kier alpha value is -3.96. The number of rotatable bonds is 5. The van der Waals surface area contributed by atoms with Crippen molar-refractivity contribution < 1.29 is 31.8 Å². The number of nitrogens with zero attached hydrogens (tertiary/aromatic N) is 5. The van der Waals surface area contributed by atoms with Crippen LogP contribution in [0, 0.1) is 5.95 Å². The topological polar surface area (TPSA) is 83.7 Å². The molecule has 0 saturated heterocycles. The Morgan fingerprint density at radius 3 is 2.35 bits per heavy atom. The summed E-state index contributed by atoms with van der Waals surface area (Å²) in [6, 6.07) is 9.15. The summed E-state index contributed by atoms with van der Waals surface area (Å²) in [4.78, 5) is 12.4. The van der Waals surface area contributed by atoms with E-state index in [4.69, 9.17) is 9.47 Å². The van der Waals surface area contributed by atoms with Crippen molar-refractivity contribution in [2.75, 3.05) is 14.2 Å². The molecular weight excluding hydrogens is 458 g/mol. The summed E-state index contributed by atoms with van der Waals surface area (Å²) in [6.07, 6.45) is 0.291. The van der Waals surface area contributed by atoms with Gasteiger partial charge in [-0.05, 0) is 37.0 Å². The molecule has 3 aromatic heterocycles. The predicted octanol–water partition coefficient (Wildman–Crippen LogP) is 4.81. The number of imidazole rings is 1. The first-order chi connectivity index (χ1) is 16.3. The third kappa shape index (κ3) is 5.33. The molecule has 1 fully saturated rings. The minimum Gasteiger partial charge on any atom is -0.480 e. The molecule has 1 aliphatic rings. The van der Waals surface area contributed by atoms with Crippen LogP contribution in [0.25, 0.3) is 16.9 Å². The third-order valence-electron chi connectivity index (χ3n) is 4.83. The van der Waals surface area contributed by atoms with Crippen molar-refractivity contribution in [2.45, 2.75) is 25.1 Å². The van der Waals surface area contributed by atoms with E-state index in [-0.39, 0.29) is 11.8 Å². The smallest absolute Gasteiger partial charge is 0.480 e. The zero-order valence-electron chi connectivity index (χ0n) is 18.1. The first-order valence-corrected chi connectivity index (χ1v) is 10.1. The molecule has 12 heteroatoms. The highest BCUT2D eigenvalue weighted by Gasteiger charge is 2.31. The second-order valence-electron chi connectivity index (χ2n) is 7.22. The van der Waals surface area contributed by atoms with Crippen LogP contribution in [0.1, 0.15) is 24.3 Å². The number of methoxy groups -OCH3 is 2. The van der Waals surface area contributed by atoms with Gasteiger partial charge in [-0.2, -0.15) is 19.0 Å². The Morgan fingerprint density at radius 1 is 1.00 bits per heavy atom. The van der Waals surface area contributed by atoms with Gasteiger partial charge in [-0.25, -0.2) is 9.97 Å². The van der Waals surface area contributed by atoms with E-state index < -0.39 is 12.3 Å². The highest BCUT2D eigenvalue weighted by Crippen LogP contribution is 2.43. The zero-order valence-corrected chi connectivity index (χ0v) is 18.1. The summed E-state index contributed by atoms with van der Waals surface area (Å²) in [6.45, 7) is 0. The summed E-state index contributed by atoms with van der Waals surface area (Å²) < 4.78 is 63.6. The van der Waals surface area contributed by atoms with Gasteiger partial charge in [-0.15, -0.1) is 13.2 Å². The fourth-order valence-corrected chi connectivity index (χ4v) is 3.19. The van der Waals surface area contributed by atoms with Gasteiger partial charge in [0.05, 0.1) is 31.7 Å². The second-order valence-corrected chi connectivity index (χ2v) is 7.22. The molecule has 8 nitrogen and oxygen atoms in total. The fourth-order valence-electron chi connectivity index (χ4n) is 3.19. The average molecular weight is 477 g/mol. The molecule has 3 heterocycles. The second kappa shape index (κ2) is 9.49. The van der Waals surface area contributed by atoms with Crippen LogP contribution in [0.5, 0.6) is 17.6 Å². The molecule has 0 spiro atoms. The maximum Gasteiger partial charge on any atom is 0.573 e. The Morgan fingerprint density at radius 2 is 1.74 bits per heavy atom. The lowest BCUT2D eigenvalue weighted by Crippen LogP contribution is -2.16. The number of hydrogen-bond donors (Lipinski definition) is 0. The van der Waals surface area contributed by atoms with E-state index in [2.05, 4.69) is 24.8 Å². The third-order valence-corrected chi connectivity index (χ3v) is 4.83. The molecule has 4 aromatic rings. The van der Waals surface area contributed by atoms with Gasteiger partial charge in [0.1, 0.15) is 5.75 Å². The lowest BCUT2D eigenvalue weighted by atomic mass is 10.1. The molecule has 0 atom stereocenters. The van der Waals surface area contributed by atoms with Crippen molar-refractivity contribution in [1.82, 2.24) is 24.6 Å². The SMILES string of the molecule is COc1ncc(-c2cc(C3CC3)c3ncc(F)n3n2)c(OC)n1.FC(F)(F)Oc1ccccc1. The largest absolute Gasteiger partial charge is 0.573 e. The van der Waals surface area contributed by atoms with E-state index in [1.54, 1.807) is 12.3 Å². The molecule has 1 aromatic carbocycles. The molecule has 0 bridgehead atoms. The number of para-hydroxylation sites is 1. The lowest BCUT2D eigenvalue weighted by Gasteiger charge is -2.10. The van der Waals surface area contributed by atoms with Crippen molar-refractivity contribution >= 4 is 5.65 Å². The van der Waals surface area contributed by atoms with Crippen LogP contribution in [0.2, 0.25) is 0 Å². The normalized spacial score (nSPS) is 13.2. The lowest BCUT2D eigenvalue weighted by molar-refractivity contribution is -0.274. The van der Waals surface area contributed by atoms with E-state index >= 15 is 0 Å². The summed E-state index contributed by atoms with van der Waals surface area (Å²) in [5.41, 5.74) is 2.65. The summed E-state index contributed by atoms with van der Waals surface area (Å²) >= 11 is 0. The minimum atomic E-state index is -4.60. The molecule has 0 unspecified atom stereocenters. The number of alkyl halides is 3. The van der Waals surface area contributed by atoms with Crippen LogP contribution in [-0.4, -0.2) is 45.1 Å². The van der Waals surface area contributed by atoms with Crippen molar-refractivity contribution in [3.8, 4) is 28.9 Å². The molecule has 1 saturated carbocycles. The van der Waals surface area contributed by atoms with Gasteiger partial charge in [0.25, 0.3) is 0 Å². The van der Waals surface area contributed by atoms with E-state index in [1.165, 1.54) is 49.2 Å². The Bertz CT molecular complexity index is 1280. The number of benzene rings is 1. The predicted molar refractivity (Wildman–Crippen MR) is 112 cm³/mol. The van der Waals surface area contributed by atoms with Gasteiger partial charge in [-0.1, -0.05) is 18.2 Å². The summed E-state index contributed by atoms with van der Waals surface area (Å²) in [5, 5.41) is 4.32. The van der Waals surface area contributed by atoms with Crippen molar-refractivity contribution in [3.05, 3.63) is 60.3 Å². The average Bonchev–Trinajstić information content (AvgIpc) is 3.61. The van der Waals surface area contributed by atoms with E-state index in [9.17, 15) is 17.6 Å². The van der Waals surface area contributed by atoms with Crippen LogP contribution < -0.4 is 14.2 Å². The molecule has 5 rings (SSSR count). The maximum absolute atomic E-state index is 14.0. The minimum absolute atomic E-state index is 0.194. The fraction of sp³-hybridized carbons (Fsp3) is 0.273. The van der Waals surface area contributed by atoms with E-state index in [0.717, 1.165) is 18.4 Å². The Balaban J connectivity index is 0.000000210. The van der Waals surface area contributed by atoms with E-state index in [1.807, 2.05) is 6.07 Å². The zero-order chi connectivity index (χ0) is 24.3. The Kier molecular flexibility index (Phi) is 6.48. The number of aromatic nitrogens is 5. The first-order valence-electron chi connectivity index (χ1n) is 10.1. The van der Waals surface area contributed by atoms with Gasteiger partial charge in [0.15, 0.2) is 5.65 Å². The quantitative estimate of drug-likeness (QED) is 0.382. The van der Waals surface area contributed by atoms with Gasteiger partial charge in [-0.3, -0.25) is 0 Å². The molecule has 1 aliphatic carbocycles. The number of fused-ring (bicyclic) bond motifs is 1. The van der Waals surface area contributed by atoms with Gasteiger partial charge in [0, 0.05) is 11.8 Å². The van der Waals surface area contributed by atoms with Crippen molar-refractivity contribution in [3.63, 3.8) is 0 Å². The molecule has 0 radical (unpaired) electrons. The molecular formula is C22H19F4N5O3. The molecule has 0 N–H and O–H groups in total. The van der Waals surface area contributed by atoms with Crippen molar-refractivity contribution in [1.29, 1.82) is 0 Å². The summed E-state index contributed by atoms with van der Waals surface area (Å²) in [7, 11) is 2.98. The molecule has 0 aliphatic heterocycles. The van der Waals surface area contributed by atoms with Crippen LogP contribution in [0.15, 0.2) is 48.8 Å². The van der Waals surface area contributed by atoms with Crippen LogP contribution >= 0.6 is 0 Å². The number of ether oxygens (including phenoxy) is 3. The highest BCUT2D eigenvalue weighted by atomic mass is 19.4. The molecule has 178 valence electrons. The molecule has 0 amide bonds. The van der Waals surface area contributed by atoms with Gasteiger partial charge >= 0.3 is 12.4 Å². The Labute approximate surface area is 191 Å². The van der Waals surface area contributed by atoms with Crippen molar-refractivity contribution in [2.24, 2.45) is 0 Å². The van der Waals surface area contributed by atoms with Gasteiger partial charge in [0.2, 0.25) is 11.8 Å². The van der Waals surface area contributed by atoms with E-state index in [0.29, 0.717) is 28.7 Å². The number of halogens is 4. The maximum atomic E-state index is 14.0. The van der Waals surface area contributed by atoms with Crippen LogP contribution in [0.3, 0.4) is 0 Å². The highest BCUT2D eigenvalue weighted by molar-refractivity contribution is 5.67. The first kappa shape index (κ1) is 23.2. The monoisotopic (exact) mass is 477 g/mol. The standard InChI is InChI=1S/C15H14FN5O2.C7H5F3O/c1-22-14-10(6-18-15(19-14)23-2)11-5-9(8-3-4-8)13-17-7-12(16)21(13)20-11;8-7(9,10)11-6-4-2-1-3-5-6/h5-8H,3-4H2,1-2H3;1-5H. The van der Waals surface area contributed by atoms with Gasteiger partial charge < -0.3 is 14.2 Å². The molecule has 34 heavy (non-hydrogen) atoms. The van der Waals surface area contributed by atoms with Crippen LogP contribution in [0.4, 0.5) is 17.6 Å². The summed E-state index contributed by atoms with van der Waals surface area (Å²) in [5.74, 6) is 0.0225. The van der Waals surface area contributed by atoms with Crippen LogP contribution in [-0.2, 0) is 0 Å².